The molecule has 0 saturated carbocycles. The molecule has 1 N–H and O–H groups in total. The Labute approximate surface area is 149 Å². The molecule has 0 amide bonds. The first-order valence-electron chi connectivity index (χ1n) is 8.94. The summed E-state index contributed by atoms with van der Waals surface area (Å²) in [6.07, 6.45) is 0. The lowest BCUT2D eigenvalue weighted by atomic mass is 9.87. The maximum absolute atomic E-state index is 9.00. The summed E-state index contributed by atoms with van der Waals surface area (Å²) >= 11 is 0. The number of hydrogen-bond acceptors (Lipinski definition) is 6. The van der Waals surface area contributed by atoms with Gasteiger partial charge in [-0.1, -0.05) is 32.9 Å². The number of nitrogens with zero attached hydrogens (tertiary/aromatic N) is 4. The average molecular weight is 344 g/mol. The molecule has 0 atom stereocenters. The number of aromatic nitrogens is 2. The van der Waals surface area contributed by atoms with Gasteiger partial charge in [0, 0.05) is 38.3 Å². The van der Waals surface area contributed by atoms with Crippen LogP contribution in [0.4, 0.5) is 0 Å². The molecule has 2 aromatic rings. The number of piperazine rings is 1. The average Bonchev–Trinajstić information content (AvgIpc) is 3.05. The van der Waals surface area contributed by atoms with E-state index >= 15 is 0 Å². The van der Waals surface area contributed by atoms with Crippen molar-refractivity contribution in [2.75, 3.05) is 39.3 Å². The summed E-state index contributed by atoms with van der Waals surface area (Å²) in [7, 11) is 0. The van der Waals surface area contributed by atoms with Gasteiger partial charge in [-0.2, -0.15) is 0 Å². The van der Waals surface area contributed by atoms with Gasteiger partial charge in [-0.05, 0) is 23.1 Å². The molecule has 1 aliphatic rings. The van der Waals surface area contributed by atoms with Crippen LogP contribution in [0.15, 0.2) is 28.7 Å². The van der Waals surface area contributed by atoms with Crippen molar-refractivity contribution in [3.8, 4) is 11.5 Å². The fourth-order valence-corrected chi connectivity index (χ4v) is 3.05. The maximum Gasteiger partial charge on any atom is 0.247 e. The summed E-state index contributed by atoms with van der Waals surface area (Å²) in [6.45, 7) is 12.1. The van der Waals surface area contributed by atoms with E-state index in [4.69, 9.17) is 9.52 Å². The normalized spacial score (nSPS) is 17.1. The third-order valence-electron chi connectivity index (χ3n) is 4.70. The van der Waals surface area contributed by atoms with Gasteiger partial charge in [-0.25, -0.2) is 0 Å². The number of aliphatic hydroxyl groups excluding tert-OH is 1. The molecule has 0 radical (unpaired) electrons. The van der Waals surface area contributed by atoms with Gasteiger partial charge in [0.15, 0.2) is 0 Å². The largest absolute Gasteiger partial charge is 0.419 e. The van der Waals surface area contributed by atoms with Gasteiger partial charge in [0.2, 0.25) is 11.8 Å². The van der Waals surface area contributed by atoms with Gasteiger partial charge in [0.1, 0.15) is 0 Å². The van der Waals surface area contributed by atoms with Gasteiger partial charge in [-0.15, -0.1) is 10.2 Å². The van der Waals surface area contributed by atoms with Crippen molar-refractivity contribution in [2.24, 2.45) is 0 Å². The standard InChI is InChI=1S/C19H28N4O2/c1-19(2,3)16-6-4-15(5-7-16)18-21-20-17(25-18)14-23-10-8-22(9-11-23)12-13-24/h4-7,24H,8-14H2,1-3H3. The van der Waals surface area contributed by atoms with E-state index in [0.29, 0.717) is 18.3 Å². The van der Waals surface area contributed by atoms with Crippen LogP contribution in [-0.2, 0) is 12.0 Å². The van der Waals surface area contributed by atoms with Crippen LogP contribution in [0.3, 0.4) is 0 Å². The molecule has 3 rings (SSSR count). The summed E-state index contributed by atoms with van der Waals surface area (Å²) < 4.78 is 5.85. The molecule has 1 fully saturated rings. The third kappa shape index (κ3) is 4.66. The topological polar surface area (TPSA) is 65.6 Å². The van der Waals surface area contributed by atoms with Crippen molar-refractivity contribution >= 4 is 0 Å². The van der Waals surface area contributed by atoms with Crippen LogP contribution in [0.25, 0.3) is 11.5 Å². The summed E-state index contributed by atoms with van der Waals surface area (Å²) in [5, 5.41) is 17.4. The zero-order chi connectivity index (χ0) is 17.9. The van der Waals surface area contributed by atoms with Gasteiger partial charge in [0.25, 0.3) is 0 Å². The van der Waals surface area contributed by atoms with E-state index in [0.717, 1.165) is 38.3 Å². The Morgan fingerprint density at radius 2 is 1.64 bits per heavy atom. The second-order valence-corrected chi connectivity index (χ2v) is 7.67. The number of rotatable bonds is 5. The Morgan fingerprint density at radius 3 is 2.24 bits per heavy atom. The van der Waals surface area contributed by atoms with Crippen molar-refractivity contribution in [2.45, 2.75) is 32.7 Å². The summed E-state index contributed by atoms with van der Waals surface area (Å²) in [5.41, 5.74) is 2.38. The highest BCUT2D eigenvalue weighted by Crippen LogP contribution is 2.25. The predicted octanol–water partition coefficient (Wildman–Crippen LogP) is 2.14. The Hall–Kier alpha value is -1.76. The van der Waals surface area contributed by atoms with E-state index in [-0.39, 0.29) is 12.0 Å². The first-order valence-corrected chi connectivity index (χ1v) is 8.94. The van der Waals surface area contributed by atoms with E-state index in [1.165, 1.54) is 5.56 Å². The van der Waals surface area contributed by atoms with E-state index in [2.05, 4.69) is 52.9 Å². The zero-order valence-corrected chi connectivity index (χ0v) is 15.4. The lowest BCUT2D eigenvalue weighted by molar-refractivity contribution is 0.103. The molecular weight excluding hydrogens is 316 g/mol. The minimum Gasteiger partial charge on any atom is -0.419 e. The molecule has 2 heterocycles. The minimum atomic E-state index is 0.136. The number of benzene rings is 1. The lowest BCUT2D eigenvalue weighted by Gasteiger charge is -2.33. The van der Waals surface area contributed by atoms with E-state index in [9.17, 15) is 0 Å². The third-order valence-corrected chi connectivity index (χ3v) is 4.70. The van der Waals surface area contributed by atoms with Gasteiger partial charge in [0.05, 0.1) is 13.2 Å². The van der Waals surface area contributed by atoms with Crippen LogP contribution in [0.2, 0.25) is 0 Å². The number of aliphatic hydroxyl groups is 1. The van der Waals surface area contributed by atoms with Gasteiger partial charge < -0.3 is 9.52 Å². The zero-order valence-electron chi connectivity index (χ0n) is 15.4. The van der Waals surface area contributed by atoms with E-state index in [1.54, 1.807) is 0 Å². The van der Waals surface area contributed by atoms with Gasteiger partial charge >= 0.3 is 0 Å². The highest BCUT2D eigenvalue weighted by atomic mass is 16.4. The molecule has 0 unspecified atom stereocenters. The summed E-state index contributed by atoms with van der Waals surface area (Å²) in [5.74, 6) is 1.24. The minimum absolute atomic E-state index is 0.136. The van der Waals surface area contributed by atoms with E-state index in [1.807, 2.05) is 12.1 Å². The lowest BCUT2D eigenvalue weighted by Crippen LogP contribution is -2.46. The number of β-amino-alcohol motifs (C(OH)–C–C–N with tert-alkyl or cyclic N) is 1. The Bertz CT molecular complexity index is 667. The fraction of sp³-hybridized carbons (Fsp3) is 0.579. The molecule has 0 bridgehead atoms. The van der Waals surface area contributed by atoms with Crippen LogP contribution in [0.5, 0.6) is 0 Å². The summed E-state index contributed by atoms with van der Waals surface area (Å²) in [6, 6.07) is 8.34. The Balaban J connectivity index is 1.59. The highest BCUT2D eigenvalue weighted by molar-refractivity contribution is 5.53. The first kappa shape index (κ1) is 18.0. The van der Waals surface area contributed by atoms with Crippen LogP contribution in [0.1, 0.15) is 32.2 Å². The van der Waals surface area contributed by atoms with Crippen LogP contribution < -0.4 is 0 Å². The van der Waals surface area contributed by atoms with Crippen molar-refractivity contribution < 1.29 is 9.52 Å². The monoisotopic (exact) mass is 344 g/mol. The van der Waals surface area contributed by atoms with Crippen LogP contribution in [-0.4, -0.2) is 64.4 Å². The molecule has 1 saturated heterocycles. The molecular formula is C19H28N4O2. The molecule has 1 aliphatic heterocycles. The second-order valence-electron chi connectivity index (χ2n) is 7.67. The van der Waals surface area contributed by atoms with Crippen molar-refractivity contribution in [1.29, 1.82) is 0 Å². The first-order chi connectivity index (χ1) is 12.0. The van der Waals surface area contributed by atoms with E-state index < -0.39 is 0 Å². The van der Waals surface area contributed by atoms with Crippen molar-refractivity contribution in [3.05, 3.63) is 35.7 Å². The predicted molar refractivity (Wildman–Crippen MR) is 97.2 cm³/mol. The molecule has 136 valence electrons. The van der Waals surface area contributed by atoms with Crippen molar-refractivity contribution in [1.82, 2.24) is 20.0 Å². The molecule has 0 aliphatic carbocycles. The fourth-order valence-electron chi connectivity index (χ4n) is 3.05. The molecule has 6 nitrogen and oxygen atoms in total. The van der Waals surface area contributed by atoms with Crippen LogP contribution in [0, 0.1) is 0 Å². The maximum atomic E-state index is 9.00. The second kappa shape index (κ2) is 7.64. The molecule has 25 heavy (non-hydrogen) atoms. The molecule has 6 heteroatoms. The van der Waals surface area contributed by atoms with Crippen LogP contribution >= 0.6 is 0 Å². The Morgan fingerprint density at radius 1 is 1.00 bits per heavy atom. The molecule has 1 aromatic carbocycles. The van der Waals surface area contributed by atoms with Crippen molar-refractivity contribution in [3.63, 3.8) is 0 Å². The van der Waals surface area contributed by atoms with Gasteiger partial charge in [-0.3, -0.25) is 9.80 Å². The number of hydrogen-bond donors (Lipinski definition) is 1. The highest BCUT2D eigenvalue weighted by Gasteiger charge is 2.19. The quantitative estimate of drug-likeness (QED) is 0.896. The smallest absolute Gasteiger partial charge is 0.247 e. The molecule has 0 spiro atoms. The Kier molecular flexibility index (Phi) is 5.51. The molecule has 1 aromatic heterocycles. The SMILES string of the molecule is CC(C)(C)c1ccc(-c2nnc(CN3CCN(CCO)CC3)o2)cc1. The summed E-state index contributed by atoms with van der Waals surface area (Å²) in [4.78, 5) is 4.58.